The van der Waals surface area contributed by atoms with Gasteiger partial charge in [0.1, 0.15) is 0 Å². The van der Waals surface area contributed by atoms with Gasteiger partial charge in [-0.05, 0) is 43.0 Å². The van der Waals surface area contributed by atoms with Crippen LogP contribution >= 0.6 is 27.7 Å². The van der Waals surface area contributed by atoms with Crippen molar-refractivity contribution in [2.75, 3.05) is 11.1 Å². The number of thioether (sulfide) groups is 1. The molecule has 4 heteroatoms. The average molecular weight is 327 g/mol. The van der Waals surface area contributed by atoms with E-state index in [1.807, 2.05) is 11.8 Å². The van der Waals surface area contributed by atoms with Crippen molar-refractivity contribution >= 4 is 38.5 Å². The Morgan fingerprint density at radius 3 is 2.89 bits per heavy atom. The van der Waals surface area contributed by atoms with Gasteiger partial charge in [0, 0.05) is 15.9 Å². The Morgan fingerprint density at radius 1 is 1.44 bits per heavy atom. The molecular weight excluding hydrogens is 308 g/mol. The summed E-state index contributed by atoms with van der Waals surface area (Å²) in [6, 6.07) is 6.82. The standard InChI is InChI=1S/C14H19BrN2S/c1-9(2)4-13-8-18-14(17-13)16-12-6-10(3)5-11(15)7-12/h5-7,9,13H,4,8H2,1-3H3,(H,16,17). The molecule has 1 aliphatic rings. The largest absolute Gasteiger partial charge is 0.335 e. The minimum Gasteiger partial charge on any atom is -0.335 e. The molecule has 98 valence electrons. The van der Waals surface area contributed by atoms with E-state index in [1.165, 1.54) is 12.0 Å². The summed E-state index contributed by atoms with van der Waals surface area (Å²) < 4.78 is 1.10. The maximum absolute atomic E-state index is 4.74. The van der Waals surface area contributed by atoms with E-state index >= 15 is 0 Å². The number of anilines is 1. The van der Waals surface area contributed by atoms with Gasteiger partial charge in [-0.25, -0.2) is 0 Å². The summed E-state index contributed by atoms with van der Waals surface area (Å²) in [5.74, 6) is 1.82. The van der Waals surface area contributed by atoms with Gasteiger partial charge in [-0.1, -0.05) is 41.5 Å². The maximum atomic E-state index is 4.74. The zero-order valence-electron chi connectivity index (χ0n) is 11.0. The van der Waals surface area contributed by atoms with Gasteiger partial charge in [-0.2, -0.15) is 0 Å². The third-order valence-corrected chi connectivity index (χ3v) is 4.24. The van der Waals surface area contributed by atoms with Gasteiger partial charge in [0.15, 0.2) is 5.17 Å². The number of halogens is 1. The predicted molar refractivity (Wildman–Crippen MR) is 85.6 cm³/mol. The van der Waals surface area contributed by atoms with Crippen molar-refractivity contribution in [3.05, 3.63) is 28.2 Å². The summed E-state index contributed by atoms with van der Waals surface area (Å²) >= 11 is 5.34. The van der Waals surface area contributed by atoms with E-state index in [1.54, 1.807) is 0 Å². The fourth-order valence-electron chi connectivity index (χ4n) is 2.08. The second-order valence-corrected chi connectivity index (χ2v) is 7.10. The first-order chi connectivity index (χ1) is 8.52. The number of amidine groups is 1. The zero-order chi connectivity index (χ0) is 13.1. The summed E-state index contributed by atoms with van der Waals surface area (Å²) in [4.78, 5) is 4.74. The molecule has 2 nitrogen and oxygen atoms in total. The molecule has 1 heterocycles. The summed E-state index contributed by atoms with van der Waals surface area (Å²) in [6.45, 7) is 6.60. The highest BCUT2D eigenvalue weighted by atomic mass is 79.9. The van der Waals surface area contributed by atoms with Gasteiger partial charge in [-0.3, -0.25) is 4.99 Å². The van der Waals surface area contributed by atoms with E-state index < -0.39 is 0 Å². The number of hydrogen-bond donors (Lipinski definition) is 1. The van der Waals surface area contributed by atoms with Crippen LogP contribution in [-0.4, -0.2) is 17.0 Å². The monoisotopic (exact) mass is 326 g/mol. The van der Waals surface area contributed by atoms with E-state index in [-0.39, 0.29) is 0 Å². The highest BCUT2D eigenvalue weighted by Gasteiger charge is 2.19. The molecule has 0 saturated heterocycles. The predicted octanol–water partition coefficient (Wildman–Crippen LogP) is 4.69. The lowest BCUT2D eigenvalue weighted by Gasteiger charge is -2.08. The molecule has 1 atom stereocenters. The van der Waals surface area contributed by atoms with Crippen molar-refractivity contribution in [3.63, 3.8) is 0 Å². The lowest BCUT2D eigenvalue weighted by atomic mass is 10.1. The second kappa shape index (κ2) is 6.11. The van der Waals surface area contributed by atoms with Crippen LogP contribution in [0.3, 0.4) is 0 Å². The first kappa shape index (κ1) is 13.9. The van der Waals surface area contributed by atoms with E-state index in [2.05, 4.69) is 60.2 Å². The van der Waals surface area contributed by atoms with E-state index in [4.69, 9.17) is 4.99 Å². The average Bonchev–Trinajstić information content (AvgIpc) is 2.62. The fraction of sp³-hybridized carbons (Fsp3) is 0.500. The number of nitrogens with zero attached hydrogens (tertiary/aromatic N) is 1. The van der Waals surface area contributed by atoms with Crippen LogP contribution in [0.4, 0.5) is 5.69 Å². The van der Waals surface area contributed by atoms with Crippen LogP contribution in [0.5, 0.6) is 0 Å². The van der Waals surface area contributed by atoms with Crippen LogP contribution in [0.2, 0.25) is 0 Å². The molecule has 0 aromatic heterocycles. The molecule has 0 saturated carbocycles. The Balaban J connectivity index is 2.01. The van der Waals surface area contributed by atoms with Crippen LogP contribution in [0.25, 0.3) is 0 Å². The molecule has 1 aliphatic heterocycles. The van der Waals surface area contributed by atoms with Gasteiger partial charge in [-0.15, -0.1) is 0 Å². The van der Waals surface area contributed by atoms with Gasteiger partial charge >= 0.3 is 0 Å². The number of aryl methyl sites for hydroxylation is 1. The Labute approximate surface area is 122 Å². The van der Waals surface area contributed by atoms with Crippen molar-refractivity contribution < 1.29 is 0 Å². The third kappa shape index (κ3) is 4.02. The van der Waals surface area contributed by atoms with Crippen LogP contribution in [0.1, 0.15) is 25.8 Å². The number of hydrogen-bond acceptors (Lipinski definition) is 3. The molecule has 0 bridgehead atoms. The molecule has 1 N–H and O–H groups in total. The number of nitrogens with one attached hydrogen (secondary N) is 1. The van der Waals surface area contributed by atoms with Gasteiger partial charge < -0.3 is 5.32 Å². The topological polar surface area (TPSA) is 24.4 Å². The van der Waals surface area contributed by atoms with Crippen molar-refractivity contribution in [2.45, 2.75) is 33.2 Å². The lowest BCUT2D eigenvalue weighted by Crippen LogP contribution is -2.08. The van der Waals surface area contributed by atoms with Crippen molar-refractivity contribution in [1.29, 1.82) is 0 Å². The molecule has 0 aliphatic carbocycles. The molecule has 0 spiro atoms. The molecule has 1 aromatic carbocycles. The third-order valence-electron chi connectivity index (χ3n) is 2.75. The van der Waals surface area contributed by atoms with Gasteiger partial charge in [0.05, 0.1) is 6.04 Å². The maximum Gasteiger partial charge on any atom is 0.161 e. The summed E-state index contributed by atoms with van der Waals surface area (Å²) in [6.07, 6.45) is 1.18. The number of aliphatic imine (C=N–C) groups is 1. The van der Waals surface area contributed by atoms with E-state index in [0.717, 1.165) is 21.1 Å². The molecule has 0 fully saturated rings. The first-order valence-electron chi connectivity index (χ1n) is 6.28. The Bertz CT molecular complexity index is 437. The van der Waals surface area contributed by atoms with E-state index in [9.17, 15) is 0 Å². The Hall–Kier alpha value is -0.480. The van der Waals surface area contributed by atoms with Crippen LogP contribution < -0.4 is 5.32 Å². The summed E-state index contributed by atoms with van der Waals surface area (Å²) in [7, 11) is 0. The normalized spacial score (nSPS) is 19.2. The summed E-state index contributed by atoms with van der Waals surface area (Å²) in [5, 5.41) is 4.46. The molecule has 1 unspecified atom stereocenters. The summed E-state index contributed by atoms with van der Waals surface area (Å²) in [5.41, 5.74) is 2.35. The van der Waals surface area contributed by atoms with Crippen molar-refractivity contribution in [2.24, 2.45) is 10.9 Å². The van der Waals surface area contributed by atoms with Gasteiger partial charge in [0.25, 0.3) is 0 Å². The quantitative estimate of drug-likeness (QED) is 0.871. The number of rotatable bonds is 3. The molecule has 0 radical (unpaired) electrons. The SMILES string of the molecule is Cc1cc(Br)cc(NC2=NC(CC(C)C)CS2)c1. The minimum atomic E-state index is 0.478. The zero-order valence-corrected chi connectivity index (χ0v) is 13.4. The molecule has 18 heavy (non-hydrogen) atoms. The fourth-order valence-corrected chi connectivity index (χ4v) is 3.66. The molecule has 2 rings (SSSR count). The second-order valence-electron chi connectivity index (χ2n) is 5.17. The molecular formula is C14H19BrN2S. The van der Waals surface area contributed by atoms with Crippen molar-refractivity contribution in [3.8, 4) is 0 Å². The van der Waals surface area contributed by atoms with Gasteiger partial charge in [0.2, 0.25) is 0 Å². The Kier molecular flexibility index (Phi) is 4.73. The van der Waals surface area contributed by atoms with Crippen molar-refractivity contribution in [1.82, 2.24) is 0 Å². The minimum absolute atomic E-state index is 0.478. The van der Waals surface area contributed by atoms with Crippen LogP contribution in [-0.2, 0) is 0 Å². The van der Waals surface area contributed by atoms with E-state index in [0.29, 0.717) is 12.0 Å². The number of benzene rings is 1. The Morgan fingerprint density at radius 2 is 2.22 bits per heavy atom. The van der Waals surface area contributed by atoms with Crippen LogP contribution in [0.15, 0.2) is 27.7 Å². The molecule has 0 amide bonds. The molecule has 1 aromatic rings. The lowest BCUT2D eigenvalue weighted by molar-refractivity contribution is 0.529. The highest BCUT2D eigenvalue weighted by Crippen LogP contribution is 2.26. The smallest absolute Gasteiger partial charge is 0.161 e. The van der Waals surface area contributed by atoms with Crippen LogP contribution in [0, 0.1) is 12.8 Å². The highest BCUT2D eigenvalue weighted by molar-refractivity contribution is 9.10. The first-order valence-corrected chi connectivity index (χ1v) is 8.05.